The molecule has 1 unspecified atom stereocenters. The SMILES string of the molecule is CC1(CCc2cccc(Cl)c2)CCCN1. The highest BCUT2D eigenvalue weighted by Crippen LogP contribution is 2.24. The third kappa shape index (κ3) is 2.96. The zero-order valence-corrected chi connectivity index (χ0v) is 9.98. The monoisotopic (exact) mass is 223 g/mol. The van der Waals surface area contributed by atoms with Crippen LogP contribution in [0.2, 0.25) is 5.02 Å². The molecule has 1 aromatic carbocycles. The molecule has 0 spiro atoms. The van der Waals surface area contributed by atoms with Crippen LogP contribution >= 0.6 is 11.6 Å². The van der Waals surface area contributed by atoms with Crippen molar-refractivity contribution in [2.24, 2.45) is 0 Å². The summed E-state index contributed by atoms with van der Waals surface area (Å²) in [7, 11) is 0. The summed E-state index contributed by atoms with van der Waals surface area (Å²) in [4.78, 5) is 0. The second kappa shape index (κ2) is 4.54. The molecular formula is C13H18ClN. The fraction of sp³-hybridized carbons (Fsp3) is 0.538. The molecule has 2 heteroatoms. The van der Waals surface area contributed by atoms with Crippen LogP contribution in [0, 0.1) is 0 Å². The fourth-order valence-corrected chi connectivity index (χ4v) is 2.50. The molecular weight excluding hydrogens is 206 g/mol. The Morgan fingerprint density at radius 2 is 2.33 bits per heavy atom. The Morgan fingerprint density at radius 3 is 3.00 bits per heavy atom. The van der Waals surface area contributed by atoms with Crippen molar-refractivity contribution in [1.82, 2.24) is 5.32 Å². The normalized spacial score (nSPS) is 25.7. The largest absolute Gasteiger partial charge is 0.312 e. The van der Waals surface area contributed by atoms with Crippen molar-refractivity contribution in [2.45, 2.75) is 38.1 Å². The highest BCUT2D eigenvalue weighted by Gasteiger charge is 2.27. The maximum atomic E-state index is 5.96. The molecule has 82 valence electrons. The van der Waals surface area contributed by atoms with Gasteiger partial charge in [-0.3, -0.25) is 0 Å². The Kier molecular flexibility index (Phi) is 3.32. The van der Waals surface area contributed by atoms with Gasteiger partial charge in [-0.15, -0.1) is 0 Å². The maximum absolute atomic E-state index is 5.96. The second-order valence-corrected chi connectivity index (χ2v) is 5.16. The van der Waals surface area contributed by atoms with Gasteiger partial charge in [0.2, 0.25) is 0 Å². The first-order valence-electron chi connectivity index (χ1n) is 5.67. The molecule has 0 bridgehead atoms. The molecule has 15 heavy (non-hydrogen) atoms. The van der Waals surface area contributed by atoms with Gasteiger partial charge in [-0.1, -0.05) is 23.7 Å². The molecule has 0 aromatic heterocycles. The Bertz CT molecular complexity index is 329. The molecule has 1 aromatic rings. The van der Waals surface area contributed by atoms with E-state index in [-0.39, 0.29) is 0 Å². The standard InChI is InChI=1S/C13H18ClN/c1-13(7-3-9-15-13)8-6-11-4-2-5-12(14)10-11/h2,4-5,10,15H,3,6-9H2,1H3. The lowest BCUT2D eigenvalue weighted by Gasteiger charge is -2.24. The molecule has 1 heterocycles. The first-order chi connectivity index (χ1) is 7.18. The minimum atomic E-state index is 0.350. The highest BCUT2D eigenvalue weighted by atomic mass is 35.5. The van der Waals surface area contributed by atoms with E-state index >= 15 is 0 Å². The molecule has 1 saturated heterocycles. The Morgan fingerprint density at radius 1 is 1.47 bits per heavy atom. The first kappa shape index (κ1) is 11.0. The van der Waals surface area contributed by atoms with Crippen molar-refractivity contribution in [3.05, 3.63) is 34.9 Å². The van der Waals surface area contributed by atoms with Crippen LogP contribution in [0.4, 0.5) is 0 Å². The number of hydrogen-bond donors (Lipinski definition) is 1. The number of rotatable bonds is 3. The summed E-state index contributed by atoms with van der Waals surface area (Å²) in [5.74, 6) is 0. The van der Waals surface area contributed by atoms with Crippen LogP contribution in [0.1, 0.15) is 31.7 Å². The molecule has 1 N–H and O–H groups in total. The van der Waals surface area contributed by atoms with Crippen molar-refractivity contribution in [3.63, 3.8) is 0 Å². The van der Waals surface area contributed by atoms with Gasteiger partial charge in [-0.05, 0) is 56.8 Å². The number of nitrogens with one attached hydrogen (secondary N) is 1. The van der Waals surface area contributed by atoms with E-state index in [2.05, 4.69) is 24.4 Å². The van der Waals surface area contributed by atoms with Crippen molar-refractivity contribution in [3.8, 4) is 0 Å². The van der Waals surface area contributed by atoms with Gasteiger partial charge >= 0.3 is 0 Å². The molecule has 0 radical (unpaired) electrons. The lowest BCUT2D eigenvalue weighted by atomic mass is 9.92. The molecule has 2 rings (SSSR count). The predicted octanol–water partition coefficient (Wildman–Crippen LogP) is 3.41. The summed E-state index contributed by atoms with van der Waals surface area (Å²) in [5, 5.41) is 4.43. The second-order valence-electron chi connectivity index (χ2n) is 4.72. The molecule has 1 aliphatic heterocycles. The molecule has 1 nitrogen and oxygen atoms in total. The van der Waals surface area contributed by atoms with Crippen molar-refractivity contribution in [1.29, 1.82) is 0 Å². The van der Waals surface area contributed by atoms with E-state index in [4.69, 9.17) is 11.6 Å². The van der Waals surface area contributed by atoms with E-state index in [1.807, 2.05) is 12.1 Å². The summed E-state index contributed by atoms with van der Waals surface area (Å²) in [6, 6.07) is 8.19. The van der Waals surface area contributed by atoms with Gasteiger partial charge in [-0.2, -0.15) is 0 Å². The smallest absolute Gasteiger partial charge is 0.0408 e. The quantitative estimate of drug-likeness (QED) is 0.828. The van der Waals surface area contributed by atoms with Crippen LogP contribution in [0.5, 0.6) is 0 Å². The summed E-state index contributed by atoms with van der Waals surface area (Å²) < 4.78 is 0. The van der Waals surface area contributed by atoms with E-state index in [0.717, 1.165) is 11.4 Å². The zero-order valence-electron chi connectivity index (χ0n) is 9.22. The third-order valence-corrected chi connectivity index (χ3v) is 3.55. The Balaban J connectivity index is 1.92. The number of hydrogen-bond acceptors (Lipinski definition) is 1. The number of aryl methyl sites for hydroxylation is 1. The molecule has 1 atom stereocenters. The lowest BCUT2D eigenvalue weighted by Crippen LogP contribution is -2.36. The summed E-state index contributed by atoms with van der Waals surface area (Å²) in [6.45, 7) is 3.50. The zero-order chi connectivity index (χ0) is 10.7. The van der Waals surface area contributed by atoms with Gasteiger partial charge in [0.25, 0.3) is 0 Å². The maximum Gasteiger partial charge on any atom is 0.0408 e. The van der Waals surface area contributed by atoms with Gasteiger partial charge in [0, 0.05) is 10.6 Å². The molecule has 1 aliphatic rings. The molecule has 0 saturated carbocycles. The van der Waals surface area contributed by atoms with Gasteiger partial charge in [0.15, 0.2) is 0 Å². The predicted molar refractivity (Wildman–Crippen MR) is 65.4 cm³/mol. The van der Waals surface area contributed by atoms with Crippen molar-refractivity contribution in [2.75, 3.05) is 6.54 Å². The van der Waals surface area contributed by atoms with Gasteiger partial charge in [0.1, 0.15) is 0 Å². The Labute approximate surface area is 96.8 Å². The topological polar surface area (TPSA) is 12.0 Å². The van der Waals surface area contributed by atoms with Crippen LogP contribution in [0.25, 0.3) is 0 Å². The van der Waals surface area contributed by atoms with E-state index in [0.29, 0.717) is 5.54 Å². The van der Waals surface area contributed by atoms with Crippen molar-refractivity contribution < 1.29 is 0 Å². The van der Waals surface area contributed by atoms with E-state index in [1.54, 1.807) is 0 Å². The van der Waals surface area contributed by atoms with Crippen LogP contribution < -0.4 is 5.32 Å². The number of benzene rings is 1. The van der Waals surface area contributed by atoms with Crippen LogP contribution in [0.15, 0.2) is 24.3 Å². The molecule has 1 fully saturated rings. The first-order valence-corrected chi connectivity index (χ1v) is 6.05. The minimum absolute atomic E-state index is 0.350. The minimum Gasteiger partial charge on any atom is -0.312 e. The highest BCUT2D eigenvalue weighted by molar-refractivity contribution is 6.30. The van der Waals surface area contributed by atoms with Crippen molar-refractivity contribution >= 4 is 11.6 Å². The Hall–Kier alpha value is -0.530. The average molecular weight is 224 g/mol. The van der Waals surface area contributed by atoms with E-state index in [9.17, 15) is 0 Å². The fourth-order valence-electron chi connectivity index (χ4n) is 2.28. The summed E-state index contributed by atoms with van der Waals surface area (Å²) in [5.41, 5.74) is 1.69. The van der Waals surface area contributed by atoms with Crippen LogP contribution in [-0.4, -0.2) is 12.1 Å². The van der Waals surface area contributed by atoms with E-state index < -0.39 is 0 Å². The van der Waals surface area contributed by atoms with Crippen LogP contribution in [-0.2, 0) is 6.42 Å². The van der Waals surface area contributed by atoms with Gasteiger partial charge in [0.05, 0.1) is 0 Å². The molecule has 0 aliphatic carbocycles. The van der Waals surface area contributed by atoms with E-state index in [1.165, 1.54) is 31.4 Å². The van der Waals surface area contributed by atoms with Gasteiger partial charge < -0.3 is 5.32 Å². The summed E-state index contributed by atoms with van der Waals surface area (Å²) in [6.07, 6.45) is 4.93. The van der Waals surface area contributed by atoms with Gasteiger partial charge in [-0.25, -0.2) is 0 Å². The molecule has 0 amide bonds. The third-order valence-electron chi connectivity index (χ3n) is 3.31. The number of halogens is 1. The average Bonchev–Trinajstić information content (AvgIpc) is 2.63. The van der Waals surface area contributed by atoms with Crippen LogP contribution in [0.3, 0.4) is 0 Å². The summed E-state index contributed by atoms with van der Waals surface area (Å²) >= 11 is 5.96. The lowest BCUT2D eigenvalue weighted by molar-refractivity contribution is 0.384.